The first-order valence-corrected chi connectivity index (χ1v) is 7.95. The second-order valence-electron chi connectivity index (χ2n) is 4.73. The van der Waals surface area contributed by atoms with Gasteiger partial charge in [0.05, 0.1) is 10.7 Å². The van der Waals surface area contributed by atoms with Crippen molar-refractivity contribution in [2.75, 3.05) is 6.54 Å². The Morgan fingerprint density at radius 2 is 2.25 bits per heavy atom. The normalized spacial score (nSPS) is 12.6. The number of benzene rings is 1. The average Bonchev–Trinajstić information content (AvgIpc) is 2.83. The Balaban J connectivity index is 2.24. The lowest BCUT2D eigenvalue weighted by molar-refractivity contribution is 0.520. The summed E-state index contributed by atoms with van der Waals surface area (Å²) in [5.41, 5.74) is 1.81. The maximum Gasteiger partial charge on any atom is 0.123 e. The molecule has 0 aliphatic carbocycles. The molecule has 2 nitrogen and oxygen atoms in total. The van der Waals surface area contributed by atoms with E-state index in [0.717, 1.165) is 29.2 Å². The Bertz CT molecular complexity index is 571. The van der Waals surface area contributed by atoms with Crippen molar-refractivity contribution in [2.24, 2.45) is 0 Å². The zero-order valence-electron chi connectivity index (χ0n) is 11.6. The Morgan fingerprint density at radius 1 is 1.45 bits per heavy atom. The van der Waals surface area contributed by atoms with Crippen LogP contribution in [-0.2, 0) is 6.42 Å². The minimum absolute atomic E-state index is 0.0142. The second kappa shape index (κ2) is 7.16. The number of hydrogen-bond donors (Lipinski definition) is 1. The number of aromatic nitrogens is 1. The molecule has 0 amide bonds. The first kappa shape index (κ1) is 15.4. The molecule has 108 valence electrons. The minimum Gasteiger partial charge on any atom is -0.310 e. The molecule has 1 atom stereocenters. The highest BCUT2D eigenvalue weighted by atomic mass is 35.5. The predicted molar refractivity (Wildman–Crippen MR) is 83.0 cm³/mol. The SMILES string of the molecule is CCCNC(Cc1csc(C)n1)c1cc(F)ccc1Cl. The molecule has 0 spiro atoms. The van der Waals surface area contributed by atoms with Gasteiger partial charge >= 0.3 is 0 Å². The molecule has 0 fully saturated rings. The zero-order chi connectivity index (χ0) is 14.5. The summed E-state index contributed by atoms with van der Waals surface area (Å²) in [5.74, 6) is -0.262. The second-order valence-corrected chi connectivity index (χ2v) is 6.20. The van der Waals surface area contributed by atoms with Gasteiger partial charge in [0, 0.05) is 22.9 Å². The molecule has 0 aliphatic rings. The molecule has 0 bridgehead atoms. The van der Waals surface area contributed by atoms with E-state index in [0.29, 0.717) is 11.4 Å². The van der Waals surface area contributed by atoms with Crippen LogP contribution in [0.25, 0.3) is 0 Å². The molecule has 1 N–H and O–H groups in total. The van der Waals surface area contributed by atoms with Crippen molar-refractivity contribution in [1.82, 2.24) is 10.3 Å². The Hall–Kier alpha value is -0.970. The van der Waals surface area contributed by atoms with Crippen molar-refractivity contribution in [1.29, 1.82) is 0 Å². The number of rotatable bonds is 6. The maximum atomic E-state index is 13.5. The summed E-state index contributed by atoms with van der Waals surface area (Å²) >= 11 is 7.84. The molecule has 0 saturated carbocycles. The summed E-state index contributed by atoms with van der Waals surface area (Å²) in [4.78, 5) is 4.48. The van der Waals surface area contributed by atoms with E-state index in [9.17, 15) is 4.39 Å². The van der Waals surface area contributed by atoms with Crippen LogP contribution in [-0.4, -0.2) is 11.5 Å². The number of hydrogen-bond acceptors (Lipinski definition) is 3. The fourth-order valence-corrected chi connectivity index (χ4v) is 2.98. The molecule has 0 aliphatic heterocycles. The fraction of sp³-hybridized carbons (Fsp3) is 0.400. The number of halogens is 2. The topological polar surface area (TPSA) is 24.9 Å². The van der Waals surface area contributed by atoms with Crippen LogP contribution in [0.4, 0.5) is 4.39 Å². The smallest absolute Gasteiger partial charge is 0.123 e. The van der Waals surface area contributed by atoms with E-state index in [4.69, 9.17) is 11.6 Å². The van der Waals surface area contributed by atoms with Crippen molar-refractivity contribution in [3.05, 3.63) is 50.7 Å². The summed E-state index contributed by atoms with van der Waals surface area (Å²) < 4.78 is 13.5. The van der Waals surface area contributed by atoms with Crippen LogP contribution in [0.15, 0.2) is 23.6 Å². The van der Waals surface area contributed by atoms with E-state index in [1.54, 1.807) is 17.4 Å². The molecule has 0 radical (unpaired) electrons. The number of aryl methyl sites for hydroxylation is 1. The largest absolute Gasteiger partial charge is 0.310 e. The monoisotopic (exact) mass is 312 g/mol. The Kier molecular flexibility index (Phi) is 5.52. The van der Waals surface area contributed by atoms with Crippen LogP contribution >= 0.6 is 22.9 Å². The standard InChI is InChI=1S/C15H18ClFN2S/c1-3-6-18-15(8-12-9-20-10(2)19-12)13-7-11(17)4-5-14(13)16/h4-5,7,9,15,18H,3,6,8H2,1-2H3. The lowest BCUT2D eigenvalue weighted by atomic mass is 10.0. The van der Waals surface area contributed by atoms with Crippen LogP contribution in [0, 0.1) is 12.7 Å². The molecular formula is C15H18ClFN2S. The molecule has 0 saturated heterocycles. The minimum atomic E-state index is -0.262. The van der Waals surface area contributed by atoms with E-state index in [1.807, 2.05) is 12.3 Å². The van der Waals surface area contributed by atoms with Gasteiger partial charge in [-0.15, -0.1) is 11.3 Å². The van der Waals surface area contributed by atoms with Crippen molar-refractivity contribution < 1.29 is 4.39 Å². The van der Waals surface area contributed by atoms with Crippen molar-refractivity contribution in [3.63, 3.8) is 0 Å². The first-order valence-electron chi connectivity index (χ1n) is 6.69. The highest BCUT2D eigenvalue weighted by Gasteiger charge is 2.17. The number of thiazole rings is 1. The summed E-state index contributed by atoms with van der Waals surface area (Å²) in [6, 6.07) is 4.49. The van der Waals surface area contributed by atoms with Crippen molar-refractivity contribution in [3.8, 4) is 0 Å². The summed E-state index contributed by atoms with van der Waals surface area (Å²) in [6.07, 6.45) is 1.73. The quantitative estimate of drug-likeness (QED) is 0.848. The highest BCUT2D eigenvalue weighted by Crippen LogP contribution is 2.27. The highest BCUT2D eigenvalue weighted by molar-refractivity contribution is 7.09. The number of nitrogens with one attached hydrogen (secondary N) is 1. The molecule has 1 unspecified atom stereocenters. The van der Waals surface area contributed by atoms with Gasteiger partial charge in [0.2, 0.25) is 0 Å². The molecule has 5 heteroatoms. The van der Waals surface area contributed by atoms with Crippen LogP contribution in [0.1, 0.15) is 35.7 Å². The molecule has 20 heavy (non-hydrogen) atoms. The van der Waals surface area contributed by atoms with E-state index in [1.165, 1.54) is 12.1 Å². The van der Waals surface area contributed by atoms with Crippen LogP contribution in [0.2, 0.25) is 5.02 Å². The van der Waals surface area contributed by atoms with Gasteiger partial charge in [0.15, 0.2) is 0 Å². The van der Waals surface area contributed by atoms with Gasteiger partial charge in [0.25, 0.3) is 0 Å². The molecule has 2 aromatic rings. The van der Waals surface area contributed by atoms with Crippen LogP contribution < -0.4 is 5.32 Å². The van der Waals surface area contributed by atoms with E-state index in [-0.39, 0.29) is 11.9 Å². The van der Waals surface area contributed by atoms with Crippen LogP contribution in [0.3, 0.4) is 0 Å². The first-order chi connectivity index (χ1) is 9.60. The third-order valence-corrected chi connectivity index (χ3v) is 4.22. The molecule has 1 heterocycles. The zero-order valence-corrected chi connectivity index (χ0v) is 13.2. The van der Waals surface area contributed by atoms with Gasteiger partial charge in [-0.05, 0) is 43.7 Å². The van der Waals surface area contributed by atoms with E-state index < -0.39 is 0 Å². The molecule has 2 rings (SSSR count). The van der Waals surface area contributed by atoms with Gasteiger partial charge in [-0.25, -0.2) is 9.37 Å². The molecule has 1 aromatic heterocycles. The fourth-order valence-electron chi connectivity index (χ4n) is 2.10. The van der Waals surface area contributed by atoms with E-state index >= 15 is 0 Å². The number of nitrogens with zero attached hydrogens (tertiary/aromatic N) is 1. The predicted octanol–water partition coefficient (Wildman–Crippen LogP) is 4.53. The van der Waals surface area contributed by atoms with Gasteiger partial charge in [0.1, 0.15) is 5.82 Å². The average molecular weight is 313 g/mol. The summed E-state index contributed by atoms with van der Waals surface area (Å²) in [6.45, 7) is 4.95. The van der Waals surface area contributed by atoms with Gasteiger partial charge < -0.3 is 5.32 Å². The maximum absolute atomic E-state index is 13.5. The van der Waals surface area contributed by atoms with Crippen LogP contribution in [0.5, 0.6) is 0 Å². The van der Waals surface area contributed by atoms with Crippen molar-refractivity contribution >= 4 is 22.9 Å². The lowest BCUT2D eigenvalue weighted by Crippen LogP contribution is -2.24. The van der Waals surface area contributed by atoms with Crippen molar-refractivity contribution in [2.45, 2.75) is 32.7 Å². The Labute approximate surface area is 128 Å². The molecule has 1 aromatic carbocycles. The molecular weight excluding hydrogens is 295 g/mol. The Morgan fingerprint density at radius 3 is 2.90 bits per heavy atom. The third-order valence-electron chi connectivity index (χ3n) is 3.05. The lowest BCUT2D eigenvalue weighted by Gasteiger charge is -2.19. The van der Waals surface area contributed by atoms with Gasteiger partial charge in [-0.3, -0.25) is 0 Å². The van der Waals surface area contributed by atoms with E-state index in [2.05, 4.69) is 17.2 Å². The van der Waals surface area contributed by atoms with Gasteiger partial charge in [-0.1, -0.05) is 18.5 Å². The summed E-state index contributed by atoms with van der Waals surface area (Å²) in [5, 5.41) is 7.10. The third kappa shape index (κ3) is 4.01. The van der Waals surface area contributed by atoms with Gasteiger partial charge in [-0.2, -0.15) is 0 Å². The summed E-state index contributed by atoms with van der Waals surface area (Å²) in [7, 11) is 0.